The van der Waals surface area contributed by atoms with Crippen molar-refractivity contribution in [3.8, 4) is 0 Å². The highest BCUT2D eigenvalue weighted by molar-refractivity contribution is 4.81. The summed E-state index contributed by atoms with van der Waals surface area (Å²) in [4.78, 5) is 0. The predicted molar refractivity (Wildman–Crippen MR) is 85.5 cm³/mol. The van der Waals surface area contributed by atoms with Gasteiger partial charge >= 0.3 is 0 Å². The molecular formula is C14H32N2O8. The molecule has 4 unspecified atom stereocenters. The first kappa shape index (κ1) is 23.6. The maximum atomic E-state index is 9.65. The van der Waals surface area contributed by atoms with Gasteiger partial charge < -0.3 is 50.8 Å². The Morgan fingerprint density at radius 2 is 1.25 bits per heavy atom. The van der Waals surface area contributed by atoms with Crippen LogP contribution in [0.2, 0.25) is 0 Å². The topological polar surface area (TPSA) is 167 Å². The molecule has 0 aliphatic rings. The molecule has 0 aromatic heterocycles. The molecule has 0 aromatic carbocycles. The Balaban J connectivity index is 3.43. The van der Waals surface area contributed by atoms with Crippen molar-refractivity contribution in [3.05, 3.63) is 0 Å². The lowest BCUT2D eigenvalue weighted by molar-refractivity contribution is -0.114. The summed E-state index contributed by atoms with van der Waals surface area (Å²) in [5.74, 6) is 0. The summed E-state index contributed by atoms with van der Waals surface area (Å²) >= 11 is 0. The van der Waals surface area contributed by atoms with E-state index in [9.17, 15) is 20.4 Å². The van der Waals surface area contributed by atoms with Gasteiger partial charge in [0.05, 0.1) is 52.4 Å². The van der Waals surface area contributed by atoms with Crippen molar-refractivity contribution in [3.63, 3.8) is 0 Å². The number of ether oxygens (including phenoxy) is 3. The molecule has 0 aromatic rings. The van der Waals surface area contributed by atoms with Gasteiger partial charge in [0.2, 0.25) is 0 Å². The van der Waals surface area contributed by atoms with Crippen LogP contribution in [0.4, 0.5) is 0 Å². The molecule has 0 saturated heterocycles. The van der Waals surface area contributed by atoms with Crippen LogP contribution >= 0.6 is 0 Å². The van der Waals surface area contributed by atoms with E-state index in [2.05, 4.69) is 5.32 Å². The number of aliphatic hydroxyl groups excluding tert-OH is 5. The zero-order valence-electron chi connectivity index (χ0n) is 13.9. The lowest BCUT2D eigenvalue weighted by Crippen LogP contribution is -2.49. The van der Waals surface area contributed by atoms with Crippen molar-refractivity contribution >= 4 is 0 Å². The van der Waals surface area contributed by atoms with Crippen LogP contribution in [0.15, 0.2) is 0 Å². The second-order valence-electron chi connectivity index (χ2n) is 5.13. The second-order valence-corrected chi connectivity index (χ2v) is 5.13. The molecule has 0 saturated carbocycles. The van der Waals surface area contributed by atoms with E-state index in [1.165, 1.54) is 0 Å². The van der Waals surface area contributed by atoms with Gasteiger partial charge in [0.25, 0.3) is 0 Å². The summed E-state index contributed by atoms with van der Waals surface area (Å²) < 4.78 is 15.7. The minimum atomic E-state index is -1.62. The molecule has 24 heavy (non-hydrogen) atoms. The van der Waals surface area contributed by atoms with Gasteiger partial charge in [-0.05, 0) is 0 Å². The summed E-state index contributed by atoms with van der Waals surface area (Å²) in [5, 5.41) is 49.4. The van der Waals surface area contributed by atoms with Crippen molar-refractivity contribution in [1.29, 1.82) is 0 Å². The average molecular weight is 356 g/mol. The van der Waals surface area contributed by atoms with Crippen molar-refractivity contribution < 1.29 is 39.7 Å². The van der Waals surface area contributed by atoms with Gasteiger partial charge in [-0.25, -0.2) is 0 Å². The lowest BCUT2D eigenvalue weighted by Gasteiger charge is -2.25. The molecule has 0 heterocycles. The standard InChI is InChI=1S/C14H32N2O8/c15-1-3-22-5-7-24-8-6-23-4-2-16-9-11(18)13(20)14(21)12(19)10-17/h11-14,16-21H,1-10,15H2. The van der Waals surface area contributed by atoms with Crippen molar-refractivity contribution in [2.24, 2.45) is 5.73 Å². The van der Waals surface area contributed by atoms with E-state index in [-0.39, 0.29) is 6.54 Å². The average Bonchev–Trinajstić information content (AvgIpc) is 2.60. The molecule has 146 valence electrons. The third-order valence-electron chi connectivity index (χ3n) is 3.11. The van der Waals surface area contributed by atoms with Gasteiger partial charge in [0.1, 0.15) is 18.3 Å². The number of rotatable bonds is 17. The predicted octanol–water partition coefficient (Wildman–Crippen LogP) is -3.98. The normalized spacial score (nSPS) is 16.8. The summed E-state index contributed by atoms with van der Waals surface area (Å²) in [7, 11) is 0. The molecule has 8 N–H and O–H groups in total. The number of nitrogens with two attached hydrogens (primary N) is 1. The molecule has 0 radical (unpaired) electrons. The van der Waals surface area contributed by atoms with Crippen LogP contribution in [-0.2, 0) is 14.2 Å². The number of aliphatic hydroxyl groups is 5. The Labute approximate surface area is 142 Å². The van der Waals surface area contributed by atoms with Gasteiger partial charge in [-0.2, -0.15) is 0 Å². The fourth-order valence-electron chi connectivity index (χ4n) is 1.70. The molecule has 4 atom stereocenters. The Morgan fingerprint density at radius 3 is 1.79 bits per heavy atom. The highest BCUT2D eigenvalue weighted by Gasteiger charge is 2.29. The van der Waals surface area contributed by atoms with E-state index in [4.69, 9.17) is 25.1 Å². The fourth-order valence-corrected chi connectivity index (χ4v) is 1.70. The molecule has 0 aliphatic carbocycles. The van der Waals surface area contributed by atoms with Crippen LogP contribution in [0.1, 0.15) is 0 Å². The van der Waals surface area contributed by atoms with Crippen LogP contribution < -0.4 is 11.1 Å². The maximum Gasteiger partial charge on any atom is 0.111 e. The first-order valence-corrected chi connectivity index (χ1v) is 8.01. The zero-order chi connectivity index (χ0) is 18.2. The molecule has 0 fully saturated rings. The highest BCUT2D eigenvalue weighted by atomic mass is 16.5. The van der Waals surface area contributed by atoms with Gasteiger partial charge in [-0.15, -0.1) is 0 Å². The molecule has 0 spiro atoms. The summed E-state index contributed by atoms with van der Waals surface area (Å²) in [6, 6.07) is 0. The summed E-state index contributed by atoms with van der Waals surface area (Å²) in [6.07, 6.45) is -5.96. The third-order valence-corrected chi connectivity index (χ3v) is 3.11. The van der Waals surface area contributed by atoms with Gasteiger partial charge in [-0.1, -0.05) is 0 Å². The van der Waals surface area contributed by atoms with Crippen LogP contribution in [0.3, 0.4) is 0 Å². The van der Waals surface area contributed by atoms with Crippen LogP contribution in [-0.4, -0.2) is 116 Å². The molecular weight excluding hydrogens is 324 g/mol. The molecule has 0 aliphatic heterocycles. The van der Waals surface area contributed by atoms with Crippen molar-refractivity contribution in [1.82, 2.24) is 5.32 Å². The van der Waals surface area contributed by atoms with Crippen LogP contribution in [0, 0.1) is 0 Å². The van der Waals surface area contributed by atoms with Crippen molar-refractivity contribution in [2.45, 2.75) is 24.4 Å². The Bertz CT molecular complexity index is 275. The van der Waals surface area contributed by atoms with E-state index in [0.717, 1.165) is 0 Å². The first-order chi connectivity index (χ1) is 11.5. The Hall–Kier alpha value is -0.400. The lowest BCUT2D eigenvalue weighted by atomic mass is 10.0. The van der Waals surface area contributed by atoms with E-state index < -0.39 is 31.0 Å². The molecule has 0 rings (SSSR count). The molecule has 0 bridgehead atoms. The van der Waals surface area contributed by atoms with Gasteiger partial charge in [0.15, 0.2) is 0 Å². The highest BCUT2D eigenvalue weighted by Crippen LogP contribution is 2.04. The van der Waals surface area contributed by atoms with Gasteiger partial charge in [-0.3, -0.25) is 0 Å². The minimum absolute atomic E-state index is 0.00865. The number of nitrogens with one attached hydrogen (secondary N) is 1. The van der Waals surface area contributed by atoms with Gasteiger partial charge in [0, 0.05) is 19.6 Å². The van der Waals surface area contributed by atoms with E-state index in [1.807, 2.05) is 0 Å². The van der Waals surface area contributed by atoms with Crippen LogP contribution in [0.5, 0.6) is 0 Å². The summed E-state index contributed by atoms with van der Waals surface area (Å²) in [6.45, 7) is 2.97. The number of hydrogen-bond donors (Lipinski definition) is 7. The molecule has 0 amide bonds. The van der Waals surface area contributed by atoms with E-state index >= 15 is 0 Å². The van der Waals surface area contributed by atoms with E-state index in [1.54, 1.807) is 0 Å². The quantitative estimate of drug-likeness (QED) is 0.128. The second kappa shape index (κ2) is 16.1. The third kappa shape index (κ3) is 12.0. The van der Waals surface area contributed by atoms with E-state index in [0.29, 0.717) is 52.7 Å². The number of hydrogen-bond acceptors (Lipinski definition) is 10. The summed E-state index contributed by atoms with van der Waals surface area (Å²) in [5.41, 5.74) is 5.26. The zero-order valence-corrected chi connectivity index (χ0v) is 13.9. The Kier molecular flexibility index (Phi) is 15.8. The largest absolute Gasteiger partial charge is 0.394 e. The monoisotopic (exact) mass is 356 g/mol. The van der Waals surface area contributed by atoms with Crippen LogP contribution in [0.25, 0.3) is 0 Å². The smallest absolute Gasteiger partial charge is 0.111 e. The Morgan fingerprint density at radius 1 is 0.750 bits per heavy atom. The fraction of sp³-hybridized carbons (Fsp3) is 1.00. The minimum Gasteiger partial charge on any atom is -0.394 e. The SMILES string of the molecule is NCCOCCOCCOCCNCC(O)C(O)C(O)C(O)CO. The molecule has 10 heteroatoms. The first-order valence-electron chi connectivity index (χ1n) is 8.01. The van der Waals surface area contributed by atoms with Crippen molar-refractivity contribution in [2.75, 3.05) is 65.9 Å². The maximum absolute atomic E-state index is 9.65. The molecule has 10 nitrogen and oxygen atoms in total.